The van der Waals surface area contributed by atoms with Gasteiger partial charge in [-0.1, -0.05) is 30.3 Å². The van der Waals surface area contributed by atoms with Crippen molar-refractivity contribution in [1.82, 2.24) is 5.32 Å². The van der Waals surface area contributed by atoms with Crippen LogP contribution in [-0.4, -0.2) is 32.3 Å². The average molecular weight is 381 g/mol. The topological polar surface area (TPSA) is 47.6 Å². The first-order valence-electron chi connectivity index (χ1n) is 8.40. The second kappa shape index (κ2) is 8.79. The molecular weight excluding hydrogens is 359 g/mol. The molecule has 2 rings (SSSR count). The number of methoxy groups -OCH3 is 2. The number of benzene rings is 2. The second-order valence-corrected chi connectivity index (χ2v) is 6.21. The summed E-state index contributed by atoms with van der Waals surface area (Å²) in [5.41, 5.74) is 2.65. The molecule has 0 fully saturated rings. The minimum Gasteiger partial charge on any atom is -0.496 e. The van der Waals surface area contributed by atoms with E-state index in [0.29, 0.717) is 23.5 Å². The molecule has 0 bridgehead atoms. The minimum absolute atomic E-state index is 0.174. The Hall–Kier alpha value is -2.70. The molecule has 0 aromatic heterocycles. The summed E-state index contributed by atoms with van der Waals surface area (Å²) >= 11 is 0. The van der Waals surface area contributed by atoms with Gasteiger partial charge in [-0.15, -0.1) is 0 Å². The van der Waals surface area contributed by atoms with E-state index in [9.17, 15) is 18.0 Å². The van der Waals surface area contributed by atoms with Gasteiger partial charge < -0.3 is 14.8 Å². The van der Waals surface area contributed by atoms with Gasteiger partial charge in [-0.3, -0.25) is 4.79 Å². The van der Waals surface area contributed by atoms with E-state index in [1.165, 1.54) is 21.1 Å². The van der Waals surface area contributed by atoms with Gasteiger partial charge in [-0.2, -0.15) is 13.2 Å². The van der Waals surface area contributed by atoms with Crippen molar-refractivity contribution in [2.24, 2.45) is 0 Å². The summed E-state index contributed by atoms with van der Waals surface area (Å²) in [6.45, 7) is 1.51. The number of nitrogens with one attached hydrogen (secondary N) is 1. The largest absolute Gasteiger partial charge is 0.496 e. The van der Waals surface area contributed by atoms with Crippen molar-refractivity contribution in [2.45, 2.75) is 32.0 Å². The fraction of sp³-hybridized carbons (Fsp3) is 0.350. The predicted octanol–water partition coefficient (Wildman–Crippen LogP) is 3.90. The first kappa shape index (κ1) is 20.6. The third-order valence-electron chi connectivity index (χ3n) is 4.08. The Labute approximate surface area is 156 Å². The van der Waals surface area contributed by atoms with E-state index in [4.69, 9.17) is 9.47 Å². The lowest BCUT2D eigenvalue weighted by molar-refractivity contribution is -0.174. The molecule has 0 saturated heterocycles. The van der Waals surface area contributed by atoms with Crippen molar-refractivity contribution >= 4 is 5.91 Å². The van der Waals surface area contributed by atoms with Crippen molar-refractivity contribution in [3.05, 3.63) is 59.2 Å². The Morgan fingerprint density at radius 2 is 1.59 bits per heavy atom. The zero-order valence-electron chi connectivity index (χ0n) is 15.4. The van der Waals surface area contributed by atoms with Crippen molar-refractivity contribution in [1.29, 1.82) is 0 Å². The molecule has 4 nitrogen and oxygen atoms in total. The maximum absolute atomic E-state index is 12.4. The number of halogens is 3. The zero-order chi connectivity index (χ0) is 20.0. The fourth-order valence-electron chi connectivity index (χ4n) is 2.82. The predicted molar refractivity (Wildman–Crippen MR) is 96.2 cm³/mol. The van der Waals surface area contributed by atoms with E-state index in [1.807, 2.05) is 41.7 Å². The molecule has 1 N–H and O–H groups in total. The van der Waals surface area contributed by atoms with Crippen LogP contribution in [0.5, 0.6) is 11.5 Å². The van der Waals surface area contributed by atoms with Gasteiger partial charge in [-0.05, 0) is 36.6 Å². The van der Waals surface area contributed by atoms with Crippen LogP contribution in [0.15, 0.2) is 42.5 Å². The molecule has 1 amide bonds. The highest BCUT2D eigenvalue weighted by Gasteiger charge is 2.39. The van der Waals surface area contributed by atoms with Crippen LogP contribution in [0.2, 0.25) is 0 Å². The highest BCUT2D eigenvalue weighted by atomic mass is 19.4. The van der Waals surface area contributed by atoms with E-state index in [0.717, 1.165) is 11.1 Å². The molecule has 7 heteroatoms. The maximum Gasteiger partial charge on any atom is 0.471 e. The van der Waals surface area contributed by atoms with Crippen molar-refractivity contribution in [3.63, 3.8) is 0 Å². The van der Waals surface area contributed by atoms with Crippen LogP contribution < -0.4 is 14.8 Å². The number of amides is 1. The van der Waals surface area contributed by atoms with Gasteiger partial charge >= 0.3 is 12.1 Å². The summed E-state index contributed by atoms with van der Waals surface area (Å²) in [7, 11) is 3.03. The fourth-order valence-corrected chi connectivity index (χ4v) is 2.82. The van der Waals surface area contributed by atoms with Gasteiger partial charge in [0.15, 0.2) is 0 Å². The van der Waals surface area contributed by atoms with E-state index in [-0.39, 0.29) is 6.42 Å². The molecular formula is C20H22F3NO3. The monoisotopic (exact) mass is 381 g/mol. The molecule has 2 aromatic carbocycles. The van der Waals surface area contributed by atoms with Gasteiger partial charge in [-0.25, -0.2) is 0 Å². The third kappa shape index (κ3) is 5.64. The highest BCUT2D eigenvalue weighted by Crippen LogP contribution is 2.31. The first-order valence-corrected chi connectivity index (χ1v) is 8.40. The van der Waals surface area contributed by atoms with Crippen LogP contribution in [0.3, 0.4) is 0 Å². The Kier molecular flexibility index (Phi) is 6.71. The number of carbonyl (C=O) groups is 1. The van der Waals surface area contributed by atoms with Crippen LogP contribution in [-0.2, 0) is 17.6 Å². The Morgan fingerprint density at radius 3 is 2.15 bits per heavy atom. The number of carbonyl (C=O) groups excluding carboxylic acids is 1. The average Bonchev–Trinajstić information content (AvgIpc) is 2.62. The second-order valence-electron chi connectivity index (χ2n) is 6.21. The molecule has 146 valence electrons. The number of hydrogen-bond acceptors (Lipinski definition) is 3. The lowest BCUT2D eigenvalue weighted by Gasteiger charge is -2.19. The molecule has 0 aliphatic rings. The summed E-state index contributed by atoms with van der Waals surface area (Å²) < 4.78 is 48.1. The summed E-state index contributed by atoms with van der Waals surface area (Å²) in [5.74, 6) is -0.805. The SMILES string of the molecule is COc1cc(C[C@@H](C)NC(=O)C(F)(F)F)c(OC)cc1Cc1ccccc1. The van der Waals surface area contributed by atoms with Gasteiger partial charge in [0.25, 0.3) is 0 Å². The van der Waals surface area contributed by atoms with Crippen LogP contribution in [0.1, 0.15) is 23.6 Å². The van der Waals surface area contributed by atoms with Crippen LogP contribution >= 0.6 is 0 Å². The maximum atomic E-state index is 12.4. The highest BCUT2D eigenvalue weighted by molar-refractivity contribution is 5.81. The molecule has 1 atom stereocenters. The number of ether oxygens (including phenoxy) is 2. The minimum atomic E-state index is -4.91. The summed E-state index contributed by atoms with van der Waals surface area (Å²) in [6.07, 6.45) is -4.11. The summed E-state index contributed by atoms with van der Waals surface area (Å²) in [4.78, 5) is 11.1. The molecule has 0 aliphatic heterocycles. The van der Waals surface area contributed by atoms with Gasteiger partial charge in [0.1, 0.15) is 11.5 Å². The Balaban J connectivity index is 2.23. The van der Waals surface area contributed by atoms with Crippen LogP contribution in [0.4, 0.5) is 13.2 Å². The molecule has 27 heavy (non-hydrogen) atoms. The van der Waals surface area contributed by atoms with Crippen molar-refractivity contribution in [2.75, 3.05) is 14.2 Å². The molecule has 0 saturated carbocycles. The molecule has 0 heterocycles. The standard InChI is InChI=1S/C20H22F3NO3/c1-13(24-19(25)20(21,22)23)9-15-11-18(27-3)16(12-17(15)26-2)10-14-7-5-4-6-8-14/h4-8,11-13H,9-10H2,1-3H3,(H,24,25)/t13-/m1/s1. The number of hydrogen-bond donors (Lipinski definition) is 1. The number of rotatable bonds is 7. The molecule has 2 aromatic rings. The van der Waals surface area contributed by atoms with Gasteiger partial charge in [0.05, 0.1) is 14.2 Å². The van der Waals surface area contributed by atoms with E-state index in [1.54, 1.807) is 6.07 Å². The van der Waals surface area contributed by atoms with Gasteiger partial charge in [0, 0.05) is 18.0 Å². The first-order chi connectivity index (χ1) is 12.7. The summed E-state index contributed by atoms with van der Waals surface area (Å²) in [6, 6.07) is 12.6. The molecule has 0 radical (unpaired) electrons. The Bertz CT molecular complexity index is 776. The van der Waals surface area contributed by atoms with Crippen molar-refractivity contribution < 1.29 is 27.4 Å². The normalized spacial score (nSPS) is 12.4. The van der Waals surface area contributed by atoms with E-state index in [2.05, 4.69) is 0 Å². The van der Waals surface area contributed by atoms with E-state index >= 15 is 0 Å². The Morgan fingerprint density at radius 1 is 1.04 bits per heavy atom. The zero-order valence-corrected chi connectivity index (χ0v) is 15.4. The quantitative estimate of drug-likeness (QED) is 0.791. The van der Waals surface area contributed by atoms with Crippen LogP contribution in [0.25, 0.3) is 0 Å². The molecule has 0 aliphatic carbocycles. The van der Waals surface area contributed by atoms with E-state index < -0.39 is 18.1 Å². The van der Waals surface area contributed by atoms with Gasteiger partial charge in [0.2, 0.25) is 0 Å². The third-order valence-corrected chi connectivity index (χ3v) is 4.08. The summed E-state index contributed by atoms with van der Waals surface area (Å²) in [5, 5.41) is 1.95. The molecule has 0 unspecified atom stereocenters. The lowest BCUT2D eigenvalue weighted by atomic mass is 9.98. The van der Waals surface area contributed by atoms with Crippen LogP contribution in [0, 0.1) is 0 Å². The molecule has 0 spiro atoms. The van der Waals surface area contributed by atoms with Crippen molar-refractivity contribution in [3.8, 4) is 11.5 Å². The number of alkyl halides is 3. The smallest absolute Gasteiger partial charge is 0.471 e. The lowest BCUT2D eigenvalue weighted by Crippen LogP contribution is -2.42.